The van der Waals surface area contributed by atoms with Gasteiger partial charge in [-0.25, -0.2) is 0 Å². The molecular weight excluding hydrogens is 388 g/mol. The molecular formula is C16H19BrN6O2. The molecule has 2 aliphatic heterocycles. The van der Waals surface area contributed by atoms with E-state index in [2.05, 4.69) is 36.7 Å². The summed E-state index contributed by atoms with van der Waals surface area (Å²) in [4.78, 5) is 21.9. The van der Waals surface area contributed by atoms with Gasteiger partial charge in [0.2, 0.25) is 5.95 Å². The molecule has 25 heavy (non-hydrogen) atoms. The quantitative estimate of drug-likeness (QED) is 0.704. The molecule has 9 heteroatoms. The summed E-state index contributed by atoms with van der Waals surface area (Å²) in [7, 11) is 0. The summed E-state index contributed by atoms with van der Waals surface area (Å²) in [5.41, 5.74) is 9.63. The first-order valence-corrected chi connectivity index (χ1v) is 8.89. The molecule has 0 amide bonds. The van der Waals surface area contributed by atoms with Gasteiger partial charge >= 0.3 is 0 Å². The van der Waals surface area contributed by atoms with Crippen LogP contribution in [0, 0.1) is 13.8 Å². The Balaban J connectivity index is 1.67. The Morgan fingerprint density at radius 3 is 2.52 bits per heavy atom. The van der Waals surface area contributed by atoms with Crippen LogP contribution in [-0.2, 0) is 4.74 Å². The van der Waals surface area contributed by atoms with Crippen LogP contribution >= 0.6 is 15.9 Å². The molecule has 1 aromatic heterocycles. The number of hydrogen-bond acceptors (Lipinski definition) is 7. The number of nitrogens with zero attached hydrogens (tertiary/aromatic N) is 3. The van der Waals surface area contributed by atoms with Crippen molar-refractivity contribution in [2.45, 2.75) is 13.8 Å². The molecule has 132 valence electrons. The fourth-order valence-corrected chi connectivity index (χ4v) is 3.87. The third-order valence-corrected chi connectivity index (χ3v) is 4.80. The first-order chi connectivity index (χ1) is 12.0. The number of rotatable bonds is 2. The largest absolute Gasteiger partial charge is 0.378 e. The zero-order valence-electron chi connectivity index (χ0n) is 14.0. The zero-order valence-corrected chi connectivity index (χ0v) is 15.6. The van der Waals surface area contributed by atoms with Crippen molar-refractivity contribution in [3.63, 3.8) is 0 Å². The monoisotopic (exact) mass is 406 g/mol. The van der Waals surface area contributed by atoms with Crippen molar-refractivity contribution in [2.75, 3.05) is 47.2 Å². The van der Waals surface area contributed by atoms with Crippen LogP contribution in [0.2, 0.25) is 0 Å². The van der Waals surface area contributed by atoms with Gasteiger partial charge in [0, 0.05) is 17.6 Å². The van der Waals surface area contributed by atoms with E-state index in [4.69, 9.17) is 4.74 Å². The Morgan fingerprint density at radius 2 is 1.84 bits per heavy atom. The minimum absolute atomic E-state index is 0.200. The third kappa shape index (κ3) is 2.93. The van der Waals surface area contributed by atoms with Crippen molar-refractivity contribution in [3.8, 4) is 0 Å². The molecule has 0 saturated carbocycles. The topological polar surface area (TPSA) is 85.5 Å². The lowest BCUT2D eigenvalue weighted by atomic mass is 10.1. The SMILES string of the molecule is Cc1cc(Br)cc(C)c1N1Nc2nc(N3CCOCC3)[nH]c(=O)c2N1. The van der Waals surface area contributed by atoms with Crippen molar-refractivity contribution < 1.29 is 4.74 Å². The Hall–Kier alpha value is -2.26. The summed E-state index contributed by atoms with van der Waals surface area (Å²) < 4.78 is 6.38. The summed E-state index contributed by atoms with van der Waals surface area (Å²) in [6, 6.07) is 4.07. The number of aromatic amines is 1. The number of fused-ring (bicyclic) bond motifs is 1. The molecule has 1 saturated heterocycles. The van der Waals surface area contributed by atoms with Crippen LogP contribution < -0.4 is 26.4 Å². The molecule has 3 heterocycles. The summed E-state index contributed by atoms with van der Waals surface area (Å²) in [5, 5.41) is 1.74. The molecule has 0 spiro atoms. The maximum Gasteiger partial charge on any atom is 0.279 e. The van der Waals surface area contributed by atoms with Crippen LogP contribution in [-0.4, -0.2) is 36.3 Å². The number of benzene rings is 1. The summed E-state index contributed by atoms with van der Waals surface area (Å²) in [6.07, 6.45) is 0. The standard InChI is InChI=1S/C16H19BrN6O2/c1-9-7-11(17)8-10(2)13(9)23-20-12-14(21-23)18-16(19-15(12)24)22-3-5-25-6-4-22/h7-8,20H,3-6H2,1-2H3,(H2,18,19,21,24). The van der Waals surface area contributed by atoms with Gasteiger partial charge in [0.05, 0.1) is 18.9 Å². The van der Waals surface area contributed by atoms with Gasteiger partial charge in [-0.2, -0.15) is 10.1 Å². The van der Waals surface area contributed by atoms with Crippen LogP contribution in [0.1, 0.15) is 11.1 Å². The van der Waals surface area contributed by atoms with E-state index in [0.29, 0.717) is 43.8 Å². The molecule has 1 fully saturated rings. The minimum atomic E-state index is -0.200. The van der Waals surface area contributed by atoms with E-state index in [0.717, 1.165) is 21.3 Å². The Morgan fingerprint density at radius 1 is 1.16 bits per heavy atom. The molecule has 0 aliphatic carbocycles. The van der Waals surface area contributed by atoms with Crippen LogP contribution in [0.4, 0.5) is 23.1 Å². The van der Waals surface area contributed by atoms with Crippen LogP contribution in [0.25, 0.3) is 0 Å². The molecule has 1 aromatic carbocycles. The Labute approximate surface area is 153 Å². The number of H-pyrrole nitrogens is 1. The fourth-order valence-electron chi connectivity index (χ4n) is 3.18. The van der Waals surface area contributed by atoms with Crippen molar-refractivity contribution in [3.05, 3.63) is 38.1 Å². The number of aryl methyl sites for hydroxylation is 2. The van der Waals surface area contributed by atoms with E-state index in [1.807, 2.05) is 30.9 Å². The lowest BCUT2D eigenvalue weighted by molar-refractivity contribution is 0.122. The molecule has 8 nitrogen and oxygen atoms in total. The van der Waals surface area contributed by atoms with Gasteiger partial charge in [-0.15, -0.1) is 0 Å². The van der Waals surface area contributed by atoms with E-state index in [1.165, 1.54) is 0 Å². The molecule has 0 bridgehead atoms. The second-order valence-electron chi connectivity index (χ2n) is 6.16. The highest BCUT2D eigenvalue weighted by molar-refractivity contribution is 9.10. The molecule has 4 rings (SSSR count). The van der Waals surface area contributed by atoms with Crippen molar-refractivity contribution in [2.24, 2.45) is 0 Å². The molecule has 2 aliphatic rings. The maximum absolute atomic E-state index is 12.5. The molecule has 0 radical (unpaired) electrons. The zero-order chi connectivity index (χ0) is 17.6. The highest BCUT2D eigenvalue weighted by Gasteiger charge is 2.27. The van der Waals surface area contributed by atoms with Gasteiger partial charge in [0.25, 0.3) is 5.56 Å². The number of morpholine rings is 1. The predicted molar refractivity (Wildman–Crippen MR) is 101 cm³/mol. The van der Waals surface area contributed by atoms with Crippen molar-refractivity contribution >= 4 is 39.1 Å². The van der Waals surface area contributed by atoms with E-state index in [1.54, 1.807) is 5.12 Å². The van der Waals surface area contributed by atoms with E-state index < -0.39 is 0 Å². The van der Waals surface area contributed by atoms with Crippen molar-refractivity contribution in [1.29, 1.82) is 0 Å². The van der Waals surface area contributed by atoms with Crippen LogP contribution in [0.3, 0.4) is 0 Å². The number of hydrogen-bond donors (Lipinski definition) is 3. The molecule has 2 aromatic rings. The highest BCUT2D eigenvalue weighted by Crippen LogP contribution is 2.33. The van der Waals surface area contributed by atoms with Gasteiger partial charge in [0.15, 0.2) is 11.5 Å². The molecule has 0 atom stereocenters. The third-order valence-electron chi connectivity index (χ3n) is 4.34. The average Bonchev–Trinajstić information content (AvgIpc) is 2.99. The lowest BCUT2D eigenvalue weighted by Crippen LogP contribution is -2.38. The number of anilines is 4. The lowest BCUT2D eigenvalue weighted by Gasteiger charge is -2.27. The fraction of sp³-hybridized carbons (Fsp3) is 0.375. The van der Waals surface area contributed by atoms with E-state index in [-0.39, 0.29) is 5.56 Å². The Kier molecular flexibility index (Phi) is 4.04. The van der Waals surface area contributed by atoms with E-state index >= 15 is 0 Å². The number of aromatic nitrogens is 2. The van der Waals surface area contributed by atoms with Gasteiger partial charge in [-0.05, 0) is 37.1 Å². The number of ether oxygens (including phenoxy) is 1. The molecule has 3 N–H and O–H groups in total. The first-order valence-electron chi connectivity index (χ1n) is 8.10. The predicted octanol–water partition coefficient (Wildman–Crippen LogP) is 2.16. The van der Waals surface area contributed by atoms with E-state index in [9.17, 15) is 4.79 Å². The highest BCUT2D eigenvalue weighted by atomic mass is 79.9. The first kappa shape index (κ1) is 16.2. The van der Waals surface area contributed by atoms with Gasteiger partial charge < -0.3 is 9.64 Å². The average molecular weight is 407 g/mol. The smallest absolute Gasteiger partial charge is 0.279 e. The molecule has 0 unspecified atom stereocenters. The summed E-state index contributed by atoms with van der Waals surface area (Å²) in [5.74, 6) is 1.08. The summed E-state index contributed by atoms with van der Waals surface area (Å²) >= 11 is 3.51. The number of hydrazine groups is 2. The minimum Gasteiger partial charge on any atom is -0.378 e. The van der Waals surface area contributed by atoms with Gasteiger partial charge in [-0.3, -0.25) is 20.6 Å². The van der Waals surface area contributed by atoms with Crippen molar-refractivity contribution in [1.82, 2.24) is 9.97 Å². The van der Waals surface area contributed by atoms with Crippen LogP contribution in [0.15, 0.2) is 21.4 Å². The second-order valence-corrected chi connectivity index (χ2v) is 7.08. The second kappa shape index (κ2) is 6.23. The number of nitrogens with one attached hydrogen (secondary N) is 3. The number of halogens is 1. The Bertz CT molecular complexity index is 854. The van der Waals surface area contributed by atoms with Crippen LogP contribution in [0.5, 0.6) is 0 Å². The normalized spacial score (nSPS) is 16.4. The summed E-state index contributed by atoms with van der Waals surface area (Å²) in [6.45, 7) is 6.74. The maximum atomic E-state index is 12.5. The van der Waals surface area contributed by atoms with Gasteiger partial charge in [-0.1, -0.05) is 15.9 Å². The van der Waals surface area contributed by atoms with Gasteiger partial charge in [0.1, 0.15) is 0 Å².